The number of aliphatic hydroxyl groups is 1. The van der Waals surface area contributed by atoms with Gasteiger partial charge < -0.3 is 19.0 Å². The highest BCUT2D eigenvalue weighted by Gasteiger charge is 2.43. The number of ether oxygens (including phenoxy) is 2. The van der Waals surface area contributed by atoms with E-state index in [-0.39, 0.29) is 17.6 Å². The van der Waals surface area contributed by atoms with Gasteiger partial charge in [0.15, 0.2) is 11.6 Å². The highest BCUT2D eigenvalue weighted by molar-refractivity contribution is 7.93. The van der Waals surface area contributed by atoms with Crippen LogP contribution in [0.5, 0.6) is 11.5 Å². The zero-order chi connectivity index (χ0) is 27.0. The van der Waals surface area contributed by atoms with Crippen LogP contribution in [0.3, 0.4) is 0 Å². The van der Waals surface area contributed by atoms with Crippen LogP contribution < -0.4 is 14.2 Å². The summed E-state index contributed by atoms with van der Waals surface area (Å²) in [5.41, 5.74) is -0.804. The van der Waals surface area contributed by atoms with Crippen molar-refractivity contribution in [3.63, 3.8) is 0 Å². The monoisotopic (exact) mass is 528 g/mol. The first-order valence-electron chi connectivity index (χ1n) is 11.3. The topological polar surface area (TPSA) is 154 Å². The zero-order valence-corrected chi connectivity index (χ0v) is 22.1. The van der Waals surface area contributed by atoms with Crippen molar-refractivity contribution in [3.05, 3.63) is 59.9 Å². The molecule has 1 aromatic carbocycles. The summed E-state index contributed by atoms with van der Waals surface area (Å²) in [7, 11) is -1.33. The molecule has 0 aliphatic rings. The molecule has 3 heterocycles. The Morgan fingerprint density at radius 2 is 1.68 bits per heavy atom. The minimum Gasteiger partial charge on any atom is -0.494 e. The van der Waals surface area contributed by atoms with Crippen molar-refractivity contribution in [2.45, 2.75) is 38.5 Å². The average Bonchev–Trinajstić information content (AvgIpc) is 3.48. The van der Waals surface area contributed by atoms with Gasteiger partial charge in [0.2, 0.25) is 21.8 Å². The van der Waals surface area contributed by atoms with Crippen molar-refractivity contribution in [3.8, 4) is 28.8 Å². The number of rotatable bonds is 9. The number of aryl methyl sites for hydroxylation is 2. The van der Waals surface area contributed by atoms with Crippen LogP contribution in [0.1, 0.15) is 31.0 Å². The Morgan fingerprint density at radius 3 is 2.22 bits per heavy atom. The molecule has 0 bridgehead atoms. The summed E-state index contributed by atoms with van der Waals surface area (Å²) in [6.45, 7) is 6.25. The molecule has 3 aromatic heterocycles. The van der Waals surface area contributed by atoms with Crippen molar-refractivity contribution in [2.24, 2.45) is 0 Å². The van der Waals surface area contributed by atoms with Crippen LogP contribution in [0.25, 0.3) is 17.3 Å². The van der Waals surface area contributed by atoms with E-state index in [9.17, 15) is 13.5 Å². The molecule has 4 rings (SSSR count). The molecule has 0 spiro atoms. The first-order valence-corrected chi connectivity index (χ1v) is 12.8. The number of anilines is 1. The van der Waals surface area contributed by atoms with Gasteiger partial charge in [-0.3, -0.25) is 9.29 Å². The number of sulfonamides is 1. The van der Waals surface area contributed by atoms with Crippen molar-refractivity contribution >= 4 is 16.0 Å². The van der Waals surface area contributed by atoms with Crippen molar-refractivity contribution < 1.29 is 27.4 Å². The van der Waals surface area contributed by atoms with Crippen LogP contribution in [0.15, 0.2) is 47.1 Å². The third-order valence-electron chi connectivity index (χ3n) is 5.97. The Kier molecular flexibility index (Phi) is 6.93. The van der Waals surface area contributed by atoms with Gasteiger partial charge in [0.1, 0.15) is 33.8 Å². The molecule has 0 radical (unpaired) electrons. The molecule has 37 heavy (non-hydrogen) atoms. The summed E-state index contributed by atoms with van der Waals surface area (Å²) in [4.78, 5) is 8.23. The minimum atomic E-state index is -4.28. The summed E-state index contributed by atoms with van der Waals surface area (Å²) in [6, 6.07) is 8.55. The summed E-state index contributed by atoms with van der Waals surface area (Å²) in [6.07, 6.45) is 3.01. The van der Waals surface area contributed by atoms with E-state index in [1.807, 2.05) is 0 Å². The molecule has 0 amide bonds. The number of hydrogen-bond donors (Lipinski definition) is 2. The quantitative estimate of drug-likeness (QED) is 0.331. The van der Waals surface area contributed by atoms with E-state index < -0.39 is 20.9 Å². The molecule has 2 N–H and O–H groups in total. The third kappa shape index (κ3) is 4.87. The standard InChI is InChI=1S/C24H28N6O6S/c1-14-12-25-22(26-13-14)24(4,31)16(3)37(32,33)29-23-28-27-21(19-11-10-15(2)36-19)30(23)20-17(34-5)8-7-9-18(20)35-6/h7-13,16,31H,1-6H3,(H,28,29)/t16-,24+/m1/s1. The van der Waals surface area contributed by atoms with Gasteiger partial charge in [0.05, 0.1) is 14.2 Å². The molecule has 13 heteroatoms. The van der Waals surface area contributed by atoms with E-state index in [0.717, 1.165) is 5.56 Å². The molecular weight excluding hydrogens is 500 g/mol. The summed E-state index contributed by atoms with van der Waals surface area (Å²) >= 11 is 0. The second kappa shape index (κ2) is 9.82. The van der Waals surface area contributed by atoms with E-state index in [2.05, 4.69) is 24.9 Å². The maximum absolute atomic E-state index is 13.5. The van der Waals surface area contributed by atoms with Crippen LogP contribution in [-0.2, 0) is 15.6 Å². The normalized spacial score (nSPS) is 14.1. The predicted octanol–water partition coefficient (Wildman–Crippen LogP) is 2.99. The van der Waals surface area contributed by atoms with Gasteiger partial charge in [-0.1, -0.05) is 6.07 Å². The van der Waals surface area contributed by atoms with E-state index in [0.29, 0.717) is 28.7 Å². The number of para-hydroxylation sites is 1. The number of nitrogens with one attached hydrogen (secondary N) is 1. The van der Waals surface area contributed by atoms with Crippen molar-refractivity contribution in [1.29, 1.82) is 0 Å². The number of nitrogens with zero attached hydrogens (tertiary/aromatic N) is 5. The third-order valence-corrected chi connectivity index (χ3v) is 7.83. The number of benzene rings is 1. The lowest BCUT2D eigenvalue weighted by Crippen LogP contribution is -2.44. The maximum atomic E-state index is 13.5. The van der Waals surface area contributed by atoms with E-state index in [1.54, 1.807) is 44.2 Å². The van der Waals surface area contributed by atoms with Gasteiger partial charge in [0.25, 0.3) is 0 Å². The first kappa shape index (κ1) is 26.1. The Morgan fingerprint density at radius 1 is 1.05 bits per heavy atom. The smallest absolute Gasteiger partial charge is 0.243 e. The first-order chi connectivity index (χ1) is 17.5. The lowest BCUT2D eigenvalue weighted by molar-refractivity contribution is 0.0471. The van der Waals surface area contributed by atoms with Gasteiger partial charge >= 0.3 is 0 Å². The van der Waals surface area contributed by atoms with Crippen molar-refractivity contribution in [2.75, 3.05) is 18.9 Å². The van der Waals surface area contributed by atoms with Gasteiger partial charge in [-0.15, -0.1) is 10.2 Å². The van der Waals surface area contributed by atoms with Crippen LogP contribution in [0.2, 0.25) is 0 Å². The minimum absolute atomic E-state index is 0.0319. The molecule has 196 valence electrons. The second-order valence-electron chi connectivity index (χ2n) is 8.62. The van der Waals surface area contributed by atoms with Gasteiger partial charge in [-0.2, -0.15) is 0 Å². The maximum Gasteiger partial charge on any atom is 0.243 e. The van der Waals surface area contributed by atoms with Crippen molar-refractivity contribution in [1.82, 2.24) is 24.7 Å². The Labute approximate surface area is 214 Å². The molecular formula is C24H28N6O6S. The van der Waals surface area contributed by atoms with Crippen LogP contribution in [0, 0.1) is 13.8 Å². The molecule has 0 aliphatic carbocycles. The second-order valence-corrected chi connectivity index (χ2v) is 10.6. The average molecular weight is 529 g/mol. The number of hydrogen-bond acceptors (Lipinski definition) is 10. The summed E-state index contributed by atoms with van der Waals surface area (Å²) in [5.74, 6) is 1.72. The van der Waals surface area contributed by atoms with Crippen LogP contribution in [-0.4, -0.2) is 57.7 Å². The Balaban J connectivity index is 1.84. The van der Waals surface area contributed by atoms with Gasteiger partial charge in [0, 0.05) is 12.4 Å². The SMILES string of the molecule is COc1cccc(OC)c1-n1c(NS(=O)(=O)[C@H](C)[C@](C)(O)c2ncc(C)cn2)nnc1-c1ccc(C)o1. The highest BCUT2D eigenvalue weighted by Crippen LogP contribution is 2.38. The summed E-state index contributed by atoms with van der Waals surface area (Å²) < 4.78 is 47.8. The summed E-state index contributed by atoms with van der Waals surface area (Å²) in [5, 5.41) is 18.1. The van der Waals surface area contributed by atoms with Crippen LogP contribution >= 0.6 is 0 Å². The number of methoxy groups -OCH3 is 2. The fourth-order valence-corrected chi connectivity index (χ4v) is 4.96. The largest absolute Gasteiger partial charge is 0.494 e. The molecule has 0 fully saturated rings. The molecule has 0 unspecified atom stereocenters. The number of furan rings is 1. The van der Waals surface area contributed by atoms with Gasteiger partial charge in [-0.05, 0) is 57.5 Å². The lowest BCUT2D eigenvalue weighted by atomic mass is 10.0. The van der Waals surface area contributed by atoms with E-state index in [4.69, 9.17) is 13.9 Å². The molecule has 0 saturated carbocycles. The van der Waals surface area contributed by atoms with Crippen LogP contribution in [0.4, 0.5) is 5.95 Å². The Hall–Kier alpha value is -3.97. The fraction of sp³-hybridized carbons (Fsp3) is 0.333. The fourth-order valence-electron chi connectivity index (χ4n) is 3.68. The zero-order valence-electron chi connectivity index (χ0n) is 21.3. The molecule has 2 atom stereocenters. The Bertz CT molecular complexity index is 1490. The number of aromatic nitrogens is 5. The predicted molar refractivity (Wildman–Crippen MR) is 135 cm³/mol. The molecule has 0 aliphatic heterocycles. The highest BCUT2D eigenvalue weighted by atomic mass is 32.2. The lowest BCUT2D eigenvalue weighted by Gasteiger charge is -2.28. The molecule has 12 nitrogen and oxygen atoms in total. The molecule has 4 aromatic rings. The van der Waals surface area contributed by atoms with E-state index in [1.165, 1.54) is 45.0 Å². The van der Waals surface area contributed by atoms with Gasteiger partial charge in [-0.25, -0.2) is 18.4 Å². The van der Waals surface area contributed by atoms with E-state index >= 15 is 0 Å². The molecule has 0 saturated heterocycles.